The lowest BCUT2D eigenvalue weighted by Crippen LogP contribution is -2.31. The zero-order valence-corrected chi connectivity index (χ0v) is 16.2. The van der Waals surface area contributed by atoms with Gasteiger partial charge in [0.15, 0.2) is 0 Å². The molecule has 0 radical (unpaired) electrons. The van der Waals surface area contributed by atoms with Gasteiger partial charge in [0, 0.05) is 18.8 Å². The van der Waals surface area contributed by atoms with Crippen molar-refractivity contribution in [2.24, 2.45) is 7.05 Å². The zero-order chi connectivity index (χ0) is 20.1. The van der Waals surface area contributed by atoms with Gasteiger partial charge in [-0.2, -0.15) is 10.4 Å². The molecule has 28 heavy (non-hydrogen) atoms. The van der Waals surface area contributed by atoms with E-state index in [0.29, 0.717) is 28.6 Å². The molecule has 3 rings (SSSR count). The highest BCUT2D eigenvalue weighted by atomic mass is 35.5. The number of anilines is 2. The quantitative estimate of drug-likeness (QED) is 0.525. The van der Waals surface area contributed by atoms with Crippen LogP contribution in [-0.2, 0) is 7.05 Å². The summed E-state index contributed by atoms with van der Waals surface area (Å²) in [6, 6.07) is 8.86. The minimum absolute atomic E-state index is 0.401. The number of benzene rings is 1. The number of aromatic nitrogens is 4. The summed E-state index contributed by atoms with van der Waals surface area (Å²) in [5, 5.41) is 29.7. The molecule has 2 heterocycles. The van der Waals surface area contributed by atoms with Crippen LogP contribution in [0.3, 0.4) is 0 Å². The third kappa shape index (κ3) is 4.64. The van der Waals surface area contributed by atoms with Gasteiger partial charge in [-0.3, -0.25) is 10.00 Å². The van der Waals surface area contributed by atoms with Crippen LogP contribution in [0.4, 0.5) is 11.6 Å². The van der Waals surface area contributed by atoms with Crippen LogP contribution in [0.15, 0.2) is 42.9 Å². The molecule has 144 valence electrons. The second-order valence-electron chi connectivity index (χ2n) is 6.20. The Kier molecular flexibility index (Phi) is 6.21. The van der Waals surface area contributed by atoms with Gasteiger partial charge in [0.05, 0.1) is 40.9 Å². The number of nitrogens with one attached hydrogen (secondary N) is 2. The van der Waals surface area contributed by atoms with E-state index in [-0.39, 0.29) is 0 Å². The molecule has 1 unspecified atom stereocenters. The molecule has 0 aliphatic rings. The number of nitrogens with zero attached hydrogens (tertiary/aromatic N) is 5. The maximum atomic E-state index is 10.2. The van der Waals surface area contributed by atoms with Crippen molar-refractivity contribution in [3.05, 3.63) is 53.4 Å². The number of nitriles is 1. The SMILES string of the molecule is CC[C@@H](C#N)NC(O)c1ccc(-c2nc(Nc3cnn(C)c3)ncc2Cl)cc1. The van der Waals surface area contributed by atoms with E-state index in [1.165, 1.54) is 6.20 Å². The fourth-order valence-corrected chi connectivity index (χ4v) is 2.80. The Bertz CT molecular complexity index is 981. The molecule has 3 N–H and O–H groups in total. The molecule has 0 amide bonds. The Labute approximate surface area is 167 Å². The lowest BCUT2D eigenvalue weighted by atomic mass is 10.1. The summed E-state index contributed by atoms with van der Waals surface area (Å²) in [4.78, 5) is 8.68. The van der Waals surface area contributed by atoms with Crippen LogP contribution in [0.5, 0.6) is 0 Å². The molecule has 0 bridgehead atoms. The summed E-state index contributed by atoms with van der Waals surface area (Å²) < 4.78 is 1.67. The molecule has 9 heteroatoms. The summed E-state index contributed by atoms with van der Waals surface area (Å²) in [6.45, 7) is 1.88. The Balaban J connectivity index is 1.79. The fourth-order valence-electron chi connectivity index (χ4n) is 2.60. The fraction of sp³-hybridized carbons (Fsp3) is 0.263. The lowest BCUT2D eigenvalue weighted by molar-refractivity contribution is 0.130. The number of hydrogen-bond acceptors (Lipinski definition) is 7. The summed E-state index contributed by atoms with van der Waals surface area (Å²) in [7, 11) is 1.82. The van der Waals surface area contributed by atoms with Gasteiger partial charge in [0.1, 0.15) is 6.23 Å². The standard InChI is InChI=1S/C19H20ClN7O/c1-3-14(8-21)24-18(28)13-6-4-12(5-7-13)17-16(20)10-22-19(26-17)25-15-9-23-27(2)11-15/h4-7,9-11,14,18,24,28H,3H2,1-2H3,(H,22,25,26)/t14-,18?/m0/s1. The highest BCUT2D eigenvalue weighted by Gasteiger charge is 2.14. The minimum Gasteiger partial charge on any atom is -0.374 e. The lowest BCUT2D eigenvalue weighted by Gasteiger charge is -2.16. The summed E-state index contributed by atoms with van der Waals surface area (Å²) >= 11 is 6.28. The molecule has 1 aromatic carbocycles. The first-order valence-electron chi connectivity index (χ1n) is 8.72. The number of rotatable bonds is 7. The minimum atomic E-state index is -0.928. The molecular formula is C19H20ClN7O. The van der Waals surface area contributed by atoms with E-state index in [2.05, 4.69) is 31.8 Å². The summed E-state index contributed by atoms with van der Waals surface area (Å²) in [5.41, 5.74) is 2.77. The van der Waals surface area contributed by atoms with Gasteiger partial charge < -0.3 is 10.4 Å². The predicted octanol–water partition coefficient (Wildman–Crippen LogP) is 3.16. The molecule has 3 aromatic rings. The highest BCUT2D eigenvalue weighted by molar-refractivity contribution is 6.32. The van der Waals surface area contributed by atoms with Gasteiger partial charge in [-0.25, -0.2) is 9.97 Å². The van der Waals surface area contributed by atoms with E-state index in [1.807, 2.05) is 32.3 Å². The van der Waals surface area contributed by atoms with Crippen LogP contribution in [0.2, 0.25) is 5.02 Å². The van der Waals surface area contributed by atoms with E-state index in [4.69, 9.17) is 16.9 Å². The first-order valence-corrected chi connectivity index (χ1v) is 9.10. The number of aliphatic hydroxyl groups excluding tert-OH is 1. The smallest absolute Gasteiger partial charge is 0.227 e. The third-order valence-corrected chi connectivity index (χ3v) is 4.40. The summed E-state index contributed by atoms with van der Waals surface area (Å²) in [6.07, 6.45) is 4.69. The molecule has 0 aliphatic carbocycles. The normalized spacial score (nSPS) is 13.0. The van der Waals surface area contributed by atoms with Crippen LogP contribution < -0.4 is 10.6 Å². The van der Waals surface area contributed by atoms with Gasteiger partial charge >= 0.3 is 0 Å². The average Bonchev–Trinajstić information content (AvgIpc) is 3.12. The van der Waals surface area contributed by atoms with Crippen LogP contribution in [0.1, 0.15) is 25.1 Å². The van der Waals surface area contributed by atoms with Gasteiger partial charge in [0.25, 0.3) is 0 Å². The van der Waals surface area contributed by atoms with Crippen molar-refractivity contribution in [3.8, 4) is 17.3 Å². The van der Waals surface area contributed by atoms with Crippen LogP contribution in [-0.4, -0.2) is 30.9 Å². The van der Waals surface area contributed by atoms with Crippen LogP contribution in [0, 0.1) is 11.3 Å². The maximum Gasteiger partial charge on any atom is 0.227 e. The highest BCUT2D eigenvalue weighted by Crippen LogP contribution is 2.28. The van der Waals surface area contributed by atoms with Gasteiger partial charge in [-0.15, -0.1) is 0 Å². The van der Waals surface area contributed by atoms with Gasteiger partial charge in [-0.1, -0.05) is 42.8 Å². The van der Waals surface area contributed by atoms with Crippen molar-refractivity contribution in [3.63, 3.8) is 0 Å². The molecule has 0 fully saturated rings. The molecule has 0 saturated carbocycles. The number of aliphatic hydroxyl groups is 1. The first kappa shape index (κ1) is 19.8. The second kappa shape index (κ2) is 8.80. The van der Waals surface area contributed by atoms with Gasteiger partial charge in [0.2, 0.25) is 5.95 Å². The second-order valence-corrected chi connectivity index (χ2v) is 6.61. The van der Waals surface area contributed by atoms with Crippen molar-refractivity contribution >= 4 is 23.2 Å². The van der Waals surface area contributed by atoms with Crippen LogP contribution >= 0.6 is 11.6 Å². The molecule has 2 atom stereocenters. The van der Waals surface area contributed by atoms with Crippen molar-refractivity contribution in [1.82, 2.24) is 25.1 Å². The van der Waals surface area contributed by atoms with E-state index in [1.54, 1.807) is 23.0 Å². The first-order chi connectivity index (χ1) is 13.5. The number of hydrogen-bond donors (Lipinski definition) is 3. The zero-order valence-electron chi connectivity index (χ0n) is 15.5. The van der Waals surface area contributed by atoms with E-state index >= 15 is 0 Å². The largest absolute Gasteiger partial charge is 0.374 e. The molecule has 0 saturated heterocycles. The molecule has 2 aromatic heterocycles. The Morgan fingerprint density at radius 1 is 1.29 bits per heavy atom. The third-order valence-electron chi connectivity index (χ3n) is 4.13. The van der Waals surface area contributed by atoms with Crippen molar-refractivity contribution in [1.29, 1.82) is 5.26 Å². The number of aryl methyl sites for hydroxylation is 1. The van der Waals surface area contributed by atoms with E-state index in [0.717, 1.165) is 11.3 Å². The van der Waals surface area contributed by atoms with Crippen molar-refractivity contribution in [2.75, 3.05) is 5.32 Å². The topological polar surface area (TPSA) is 112 Å². The number of halogens is 1. The molecular weight excluding hydrogens is 378 g/mol. The van der Waals surface area contributed by atoms with Crippen LogP contribution in [0.25, 0.3) is 11.3 Å². The monoisotopic (exact) mass is 397 g/mol. The Hall–Kier alpha value is -2.99. The summed E-state index contributed by atoms with van der Waals surface area (Å²) in [5.74, 6) is 0.401. The Morgan fingerprint density at radius 2 is 2.04 bits per heavy atom. The predicted molar refractivity (Wildman–Crippen MR) is 107 cm³/mol. The molecule has 0 spiro atoms. The van der Waals surface area contributed by atoms with Crippen molar-refractivity contribution in [2.45, 2.75) is 25.6 Å². The van der Waals surface area contributed by atoms with E-state index < -0.39 is 12.3 Å². The van der Waals surface area contributed by atoms with E-state index in [9.17, 15) is 5.11 Å². The average molecular weight is 398 g/mol. The molecule has 8 nitrogen and oxygen atoms in total. The van der Waals surface area contributed by atoms with Crippen molar-refractivity contribution < 1.29 is 5.11 Å². The van der Waals surface area contributed by atoms with Gasteiger partial charge in [-0.05, 0) is 12.0 Å². The molecule has 0 aliphatic heterocycles. The maximum absolute atomic E-state index is 10.2. The Morgan fingerprint density at radius 3 is 2.64 bits per heavy atom.